The number of rotatable bonds is 6. The Hall–Kier alpha value is -2.55. The van der Waals surface area contributed by atoms with E-state index in [1.807, 2.05) is 39.5 Å². The number of para-hydroxylation sites is 2. The molecule has 2 aromatic heterocycles. The van der Waals surface area contributed by atoms with Gasteiger partial charge in [0, 0.05) is 0 Å². The largest absolute Gasteiger partial charge is 0.389 e. The third-order valence-corrected chi connectivity index (χ3v) is 5.53. The van der Waals surface area contributed by atoms with E-state index in [0.29, 0.717) is 12.4 Å². The highest BCUT2D eigenvalue weighted by molar-refractivity contribution is 7.78. The second kappa shape index (κ2) is 7.46. The minimum Gasteiger partial charge on any atom is -0.389 e. The number of nitrogens with zero attached hydrogens (tertiary/aromatic N) is 4. The summed E-state index contributed by atoms with van der Waals surface area (Å²) in [6, 6.07) is 11.6. The van der Waals surface area contributed by atoms with Crippen LogP contribution in [0.2, 0.25) is 0 Å². The van der Waals surface area contributed by atoms with E-state index < -0.39 is 17.2 Å². The van der Waals surface area contributed by atoms with Crippen LogP contribution in [0.3, 0.4) is 0 Å². The van der Waals surface area contributed by atoms with Crippen molar-refractivity contribution in [3.8, 4) is 0 Å². The maximum atomic E-state index is 11.3. The average Bonchev–Trinajstić information content (AvgIpc) is 3.17. The van der Waals surface area contributed by atoms with Gasteiger partial charge in [0.1, 0.15) is 11.6 Å². The van der Waals surface area contributed by atoms with Crippen molar-refractivity contribution >= 4 is 33.1 Å². The highest BCUT2D eigenvalue weighted by atomic mass is 32.2. The molecule has 0 aliphatic carbocycles. The summed E-state index contributed by atoms with van der Waals surface area (Å²) in [5.41, 5.74) is 5.83. The van der Waals surface area contributed by atoms with Gasteiger partial charge in [-0.3, -0.25) is 0 Å². The normalized spacial score (nSPS) is 14.0. The molecule has 0 aliphatic rings. The molecule has 0 bridgehead atoms. The van der Waals surface area contributed by atoms with Crippen molar-refractivity contribution in [1.82, 2.24) is 19.1 Å². The number of aryl methyl sites for hydroxylation is 2. The maximum absolute atomic E-state index is 11.3. The van der Waals surface area contributed by atoms with Crippen LogP contribution in [-0.2, 0) is 29.9 Å². The summed E-state index contributed by atoms with van der Waals surface area (Å²) >= 11 is -2.00. The molecule has 0 saturated carbocycles. The Morgan fingerprint density at radius 2 is 1.82 bits per heavy atom. The molecule has 0 saturated heterocycles. The second-order valence-corrected chi connectivity index (χ2v) is 8.00. The fraction of sp³-hybridized carbons (Fsp3) is 0.300. The number of aliphatic hydroxyl groups excluding tert-OH is 1. The highest BCUT2D eigenvalue weighted by Crippen LogP contribution is 2.21. The number of fused-ring (bicyclic) bond motifs is 2. The van der Waals surface area contributed by atoms with Crippen LogP contribution in [-0.4, -0.2) is 39.1 Å². The van der Waals surface area contributed by atoms with Crippen molar-refractivity contribution in [1.29, 1.82) is 0 Å². The number of aliphatic hydroxyl groups is 1. The zero-order valence-corrected chi connectivity index (χ0v) is 16.6. The minimum atomic E-state index is -2.00. The van der Waals surface area contributed by atoms with Crippen molar-refractivity contribution < 1.29 is 13.9 Å². The lowest BCUT2D eigenvalue weighted by molar-refractivity contribution is 0.136. The summed E-state index contributed by atoms with van der Waals surface area (Å²) in [6.07, 6.45) is 1.03. The average molecular weight is 398 g/mol. The third kappa shape index (κ3) is 3.58. The Bertz CT molecular complexity index is 1180. The Labute approximate surface area is 164 Å². The predicted molar refractivity (Wildman–Crippen MR) is 109 cm³/mol. The summed E-state index contributed by atoms with van der Waals surface area (Å²) in [6.45, 7) is 4.76. The van der Waals surface area contributed by atoms with Crippen LogP contribution in [0.25, 0.3) is 22.1 Å². The first kappa shape index (κ1) is 18.8. The Morgan fingerprint density at radius 3 is 2.61 bits per heavy atom. The fourth-order valence-corrected chi connectivity index (χ4v) is 3.95. The molecule has 0 radical (unpaired) electrons. The van der Waals surface area contributed by atoms with Crippen LogP contribution < -0.4 is 0 Å². The van der Waals surface area contributed by atoms with Gasteiger partial charge in [-0.1, -0.05) is 12.1 Å². The molecule has 28 heavy (non-hydrogen) atoms. The third-order valence-electron chi connectivity index (χ3n) is 5.02. The van der Waals surface area contributed by atoms with Gasteiger partial charge in [0.25, 0.3) is 0 Å². The van der Waals surface area contributed by atoms with Crippen molar-refractivity contribution in [2.75, 3.05) is 0 Å². The van der Waals surface area contributed by atoms with E-state index in [0.717, 1.165) is 22.1 Å². The van der Waals surface area contributed by atoms with Crippen molar-refractivity contribution in [3.05, 3.63) is 59.7 Å². The van der Waals surface area contributed by atoms with E-state index in [4.69, 9.17) is 0 Å². The van der Waals surface area contributed by atoms with Gasteiger partial charge in [0.2, 0.25) is 0 Å². The molecular weight excluding hydrogens is 376 g/mol. The Balaban J connectivity index is 1.63. The first-order valence-electron chi connectivity index (χ1n) is 9.04. The molecule has 2 heterocycles. The van der Waals surface area contributed by atoms with Crippen molar-refractivity contribution in [2.45, 2.75) is 38.8 Å². The van der Waals surface area contributed by atoms with E-state index in [1.165, 1.54) is 11.1 Å². The first-order chi connectivity index (χ1) is 13.4. The number of hydrogen-bond donors (Lipinski definition) is 2. The summed E-state index contributed by atoms with van der Waals surface area (Å²) in [4.78, 5) is 8.89. The van der Waals surface area contributed by atoms with Gasteiger partial charge in [0.15, 0.2) is 11.1 Å². The molecule has 0 spiro atoms. The molecule has 4 aromatic rings. The van der Waals surface area contributed by atoms with Crippen LogP contribution in [0.4, 0.5) is 0 Å². The van der Waals surface area contributed by atoms with Gasteiger partial charge >= 0.3 is 0 Å². The highest BCUT2D eigenvalue weighted by Gasteiger charge is 2.17. The molecule has 2 aromatic carbocycles. The fourth-order valence-electron chi connectivity index (χ4n) is 3.50. The molecule has 146 valence electrons. The lowest BCUT2D eigenvalue weighted by Crippen LogP contribution is -2.23. The standard InChI is InChI=1S/C20H22N4O3S/c1-13-7-17-19(8-14(13)2)23(12-21-17)9-15(25)10-24-18-6-4-3-5-16(18)22-20(24)11-28(26)27/h3-8,12,15,25H,9-11H2,1-2H3,(H,26,27). The van der Waals surface area contributed by atoms with E-state index in [1.54, 1.807) is 6.33 Å². The smallest absolute Gasteiger partial charge is 0.160 e. The van der Waals surface area contributed by atoms with Crippen LogP contribution >= 0.6 is 0 Å². The van der Waals surface area contributed by atoms with Crippen LogP contribution in [0.15, 0.2) is 42.7 Å². The summed E-state index contributed by atoms with van der Waals surface area (Å²) < 4.78 is 24.4. The number of imidazole rings is 2. The first-order valence-corrected chi connectivity index (χ1v) is 10.3. The molecule has 2 atom stereocenters. The zero-order valence-electron chi connectivity index (χ0n) is 15.7. The van der Waals surface area contributed by atoms with Crippen molar-refractivity contribution in [2.24, 2.45) is 0 Å². The molecule has 0 aliphatic heterocycles. The topological polar surface area (TPSA) is 93.2 Å². The quantitative estimate of drug-likeness (QED) is 0.487. The van der Waals surface area contributed by atoms with Gasteiger partial charge in [-0.2, -0.15) is 0 Å². The van der Waals surface area contributed by atoms with E-state index in [-0.39, 0.29) is 12.3 Å². The summed E-state index contributed by atoms with van der Waals surface area (Å²) in [5.74, 6) is 0.413. The minimum absolute atomic E-state index is 0.0755. The number of hydrogen-bond acceptors (Lipinski definition) is 4. The lowest BCUT2D eigenvalue weighted by atomic mass is 10.1. The molecule has 2 unspecified atom stereocenters. The van der Waals surface area contributed by atoms with Crippen LogP contribution in [0, 0.1) is 13.8 Å². The molecule has 8 heteroatoms. The maximum Gasteiger partial charge on any atom is 0.160 e. The molecule has 0 fully saturated rings. The lowest BCUT2D eigenvalue weighted by Gasteiger charge is -2.16. The van der Waals surface area contributed by atoms with Gasteiger partial charge in [-0.25, -0.2) is 14.2 Å². The van der Waals surface area contributed by atoms with Gasteiger partial charge in [-0.15, -0.1) is 0 Å². The van der Waals surface area contributed by atoms with Crippen molar-refractivity contribution in [3.63, 3.8) is 0 Å². The molecule has 0 amide bonds. The Morgan fingerprint density at radius 1 is 1.07 bits per heavy atom. The predicted octanol–water partition coefficient (Wildman–Crippen LogP) is 2.79. The van der Waals surface area contributed by atoms with Gasteiger partial charge in [0.05, 0.1) is 47.6 Å². The monoisotopic (exact) mass is 398 g/mol. The molecular formula is C20H22N4O3S. The second-order valence-electron chi connectivity index (χ2n) is 7.07. The van der Waals surface area contributed by atoms with Crippen LogP contribution in [0.5, 0.6) is 0 Å². The molecule has 4 rings (SSSR count). The summed E-state index contributed by atoms with van der Waals surface area (Å²) in [5, 5.41) is 10.8. The zero-order chi connectivity index (χ0) is 19.8. The Kier molecular flexibility index (Phi) is 5.01. The SMILES string of the molecule is Cc1cc2ncn(CC(O)Cn3c(CS(=O)O)nc4ccccc43)c2cc1C. The number of benzene rings is 2. The van der Waals surface area contributed by atoms with E-state index >= 15 is 0 Å². The summed E-state index contributed by atoms with van der Waals surface area (Å²) in [7, 11) is 0. The molecule has 7 nitrogen and oxygen atoms in total. The number of aromatic nitrogens is 4. The van der Waals surface area contributed by atoms with Gasteiger partial charge in [-0.05, 0) is 49.2 Å². The van der Waals surface area contributed by atoms with E-state index in [2.05, 4.69) is 29.9 Å². The van der Waals surface area contributed by atoms with E-state index in [9.17, 15) is 13.9 Å². The van der Waals surface area contributed by atoms with Gasteiger partial charge < -0.3 is 18.8 Å². The van der Waals surface area contributed by atoms with Crippen LogP contribution in [0.1, 0.15) is 17.0 Å². The molecule has 2 N–H and O–H groups in total.